The molecule has 0 amide bonds. The number of methoxy groups -OCH3 is 1. The highest BCUT2D eigenvalue weighted by Crippen LogP contribution is 2.29. The van der Waals surface area contributed by atoms with Crippen LogP contribution >= 0.6 is 11.8 Å². The molecule has 122 valence electrons. The van der Waals surface area contributed by atoms with Crippen LogP contribution in [0.5, 0.6) is 5.75 Å². The second-order valence-corrected chi connectivity index (χ2v) is 6.54. The number of nitrogens with zero attached hydrogens (tertiary/aromatic N) is 2. The van der Waals surface area contributed by atoms with E-state index in [0.717, 1.165) is 27.2 Å². The molecule has 0 aliphatic heterocycles. The van der Waals surface area contributed by atoms with Crippen LogP contribution in [0.2, 0.25) is 0 Å². The Bertz CT molecular complexity index is 834. The fourth-order valence-corrected chi connectivity index (χ4v) is 2.98. The van der Waals surface area contributed by atoms with Gasteiger partial charge in [0.15, 0.2) is 0 Å². The highest BCUT2D eigenvalue weighted by Gasteiger charge is 2.04. The summed E-state index contributed by atoms with van der Waals surface area (Å²) in [5.41, 5.74) is 3.55. The number of hydrogen-bond donors (Lipinski definition) is 1. The van der Waals surface area contributed by atoms with Crippen LogP contribution in [-0.2, 0) is 0 Å². The predicted octanol–water partition coefficient (Wildman–Crippen LogP) is 5.00. The van der Waals surface area contributed by atoms with Gasteiger partial charge in [-0.1, -0.05) is 17.8 Å². The molecular formula is C19H19N3OS. The predicted molar refractivity (Wildman–Crippen MR) is 98.3 cm³/mol. The molecule has 0 fully saturated rings. The molecule has 0 aliphatic carbocycles. The third kappa shape index (κ3) is 4.06. The normalized spacial score (nSPS) is 10.5. The molecule has 0 spiro atoms. The van der Waals surface area contributed by atoms with Crippen molar-refractivity contribution >= 4 is 23.3 Å². The van der Waals surface area contributed by atoms with Crippen LogP contribution in [0.4, 0.5) is 11.5 Å². The first kappa shape index (κ1) is 16.3. The number of hydrogen-bond acceptors (Lipinski definition) is 5. The molecule has 0 saturated carbocycles. The SMILES string of the molecule is COc1ccc(Sc2cc(Nc3ccc(C)c(C)c3)ncn2)cc1. The van der Waals surface area contributed by atoms with E-state index in [0.29, 0.717) is 0 Å². The van der Waals surface area contributed by atoms with Crippen LogP contribution in [0, 0.1) is 13.8 Å². The van der Waals surface area contributed by atoms with Gasteiger partial charge in [-0.3, -0.25) is 0 Å². The molecule has 24 heavy (non-hydrogen) atoms. The van der Waals surface area contributed by atoms with Gasteiger partial charge in [0.1, 0.15) is 22.9 Å². The zero-order valence-electron chi connectivity index (χ0n) is 13.9. The van der Waals surface area contributed by atoms with Crippen molar-refractivity contribution < 1.29 is 4.74 Å². The van der Waals surface area contributed by atoms with Gasteiger partial charge in [0.05, 0.1) is 7.11 Å². The lowest BCUT2D eigenvalue weighted by Gasteiger charge is -2.09. The van der Waals surface area contributed by atoms with Gasteiger partial charge in [-0.2, -0.15) is 0 Å². The zero-order valence-corrected chi connectivity index (χ0v) is 14.7. The van der Waals surface area contributed by atoms with E-state index in [1.165, 1.54) is 11.1 Å². The average Bonchev–Trinajstić information content (AvgIpc) is 2.59. The highest BCUT2D eigenvalue weighted by atomic mass is 32.2. The molecule has 3 rings (SSSR count). The zero-order chi connectivity index (χ0) is 16.9. The largest absolute Gasteiger partial charge is 0.497 e. The van der Waals surface area contributed by atoms with E-state index >= 15 is 0 Å². The Morgan fingerprint density at radius 1 is 0.917 bits per heavy atom. The second-order valence-electron chi connectivity index (χ2n) is 5.44. The summed E-state index contributed by atoms with van der Waals surface area (Å²) < 4.78 is 5.18. The van der Waals surface area contributed by atoms with Crippen LogP contribution < -0.4 is 10.1 Å². The summed E-state index contributed by atoms with van der Waals surface area (Å²) in [5, 5.41) is 4.22. The van der Waals surface area contributed by atoms with Crippen LogP contribution in [0.15, 0.2) is 64.8 Å². The van der Waals surface area contributed by atoms with Crippen molar-refractivity contribution in [2.24, 2.45) is 0 Å². The Balaban J connectivity index is 1.74. The third-order valence-corrected chi connectivity index (χ3v) is 4.64. The molecule has 0 aliphatic rings. The molecule has 0 saturated heterocycles. The summed E-state index contributed by atoms with van der Waals surface area (Å²) in [6, 6.07) is 16.1. The maximum atomic E-state index is 5.18. The van der Waals surface area contributed by atoms with E-state index in [1.54, 1.807) is 25.2 Å². The molecular weight excluding hydrogens is 318 g/mol. The Morgan fingerprint density at radius 2 is 1.71 bits per heavy atom. The number of benzene rings is 2. The summed E-state index contributed by atoms with van der Waals surface area (Å²) in [4.78, 5) is 9.73. The molecule has 4 nitrogen and oxygen atoms in total. The molecule has 0 atom stereocenters. The first-order valence-corrected chi connectivity index (χ1v) is 8.44. The van der Waals surface area contributed by atoms with Crippen molar-refractivity contribution in [3.63, 3.8) is 0 Å². The van der Waals surface area contributed by atoms with Gasteiger partial charge in [0, 0.05) is 16.6 Å². The van der Waals surface area contributed by atoms with E-state index in [4.69, 9.17) is 4.74 Å². The Labute approximate surface area is 146 Å². The van der Waals surface area contributed by atoms with Gasteiger partial charge >= 0.3 is 0 Å². The summed E-state index contributed by atoms with van der Waals surface area (Å²) in [5.74, 6) is 1.63. The van der Waals surface area contributed by atoms with Crippen LogP contribution in [0.3, 0.4) is 0 Å². The molecule has 5 heteroatoms. The molecule has 1 aromatic heterocycles. The second kappa shape index (κ2) is 7.36. The number of anilines is 2. The minimum Gasteiger partial charge on any atom is -0.497 e. The fourth-order valence-electron chi connectivity index (χ4n) is 2.20. The molecule has 0 bridgehead atoms. The number of aromatic nitrogens is 2. The Hall–Kier alpha value is -2.53. The quantitative estimate of drug-likeness (QED) is 0.664. The molecule has 0 unspecified atom stereocenters. The van der Waals surface area contributed by atoms with Crippen molar-refractivity contribution in [3.05, 3.63) is 66.0 Å². The fraction of sp³-hybridized carbons (Fsp3) is 0.158. The van der Waals surface area contributed by atoms with E-state index in [1.807, 2.05) is 30.3 Å². The first-order chi connectivity index (χ1) is 11.6. The number of aryl methyl sites for hydroxylation is 2. The first-order valence-electron chi connectivity index (χ1n) is 7.62. The third-order valence-electron chi connectivity index (χ3n) is 3.70. The van der Waals surface area contributed by atoms with Crippen molar-refractivity contribution in [2.45, 2.75) is 23.8 Å². The number of nitrogens with one attached hydrogen (secondary N) is 1. The van der Waals surface area contributed by atoms with Crippen LogP contribution in [-0.4, -0.2) is 17.1 Å². The van der Waals surface area contributed by atoms with E-state index < -0.39 is 0 Å². The number of rotatable bonds is 5. The lowest BCUT2D eigenvalue weighted by molar-refractivity contribution is 0.414. The van der Waals surface area contributed by atoms with Gasteiger partial charge in [0.25, 0.3) is 0 Å². The van der Waals surface area contributed by atoms with Gasteiger partial charge in [-0.15, -0.1) is 0 Å². The van der Waals surface area contributed by atoms with Crippen LogP contribution in [0.1, 0.15) is 11.1 Å². The summed E-state index contributed by atoms with van der Waals surface area (Å²) >= 11 is 1.59. The standard InChI is InChI=1S/C19H19N3OS/c1-13-4-5-15(10-14(13)2)22-18-11-19(21-12-20-18)24-17-8-6-16(23-3)7-9-17/h4-12H,1-3H3,(H,20,21,22). The van der Waals surface area contributed by atoms with Gasteiger partial charge in [-0.05, 0) is 61.4 Å². The number of ether oxygens (including phenoxy) is 1. The minimum absolute atomic E-state index is 0.782. The molecule has 2 aromatic carbocycles. The molecule has 1 heterocycles. The molecule has 1 N–H and O–H groups in total. The van der Waals surface area contributed by atoms with Gasteiger partial charge in [-0.25, -0.2) is 9.97 Å². The monoisotopic (exact) mass is 337 g/mol. The smallest absolute Gasteiger partial charge is 0.134 e. The topological polar surface area (TPSA) is 47.0 Å². The Kier molecular flexibility index (Phi) is 5.01. The summed E-state index contributed by atoms with van der Waals surface area (Å²) in [7, 11) is 1.66. The van der Waals surface area contributed by atoms with E-state index in [9.17, 15) is 0 Å². The van der Waals surface area contributed by atoms with Gasteiger partial charge < -0.3 is 10.1 Å². The maximum Gasteiger partial charge on any atom is 0.134 e. The molecule has 0 radical (unpaired) electrons. The van der Waals surface area contributed by atoms with Crippen molar-refractivity contribution in [2.75, 3.05) is 12.4 Å². The van der Waals surface area contributed by atoms with E-state index in [-0.39, 0.29) is 0 Å². The van der Waals surface area contributed by atoms with Gasteiger partial charge in [0.2, 0.25) is 0 Å². The summed E-state index contributed by atoms with van der Waals surface area (Å²) in [6.07, 6.45) is 1.58. The lowest BCUT2D eigenvalue weighted by atomic mass is 10.1. The van der Waals surface area contributed by atoms with Crippen LogP contribution in [0.25, 0.3) is 0 Å². The lowest BCUT2D eigenvalue weighted by Crippen LogP contribution is -1.96. The Morgan fingerprint density at radius 3 is 2.42 bits per heavy atom. The van der Waals surface area contributed by atoms with Crippen molar-refractivity contribution in [1.82, 2.24) is 9.97 Å². The summed E-state index contributed by atoms with van der Waals surface area (Å²) in [6.45, 7) is 4.21. The van der Waals surface area contributed by atoms with Crippen molar-refractivity contribution in [3.8, 4) is 5.75 Å². The van der Waals surface area contributed by atoms with Crippen molar-refractivity contribution in [1.29, 1.82) is 0 Å². The minimum atomic E-state index is 0.782. The average molecular weight is 337 g/mol. The maximum absolute atomic E-state index is 5.18. The highest BCUT2D eigenvalue weighted by molar-refractivity contribution is 7.99. The molecule has 3 aromatic rings. The van der Waals surface area contributed by atoms with E-state index in [2.05, 4.69) is 47.3 Å².